The Hall–Kier alpha value is -5.01. The van der Waals surface area contributed by atoms with E-state index in [4.69, 9.17) is 16.3 Å². The van der Waals surface area contributed by atoms with E-state index < -0.39 is 11.9 Å². The second-order valence-electron chi connectivity index (χ2n) is 7.94. The van der Waals surface area contributed by atoms with Gasteiger partial charge >= 0.3 is 5.97 Å². The summed E-state index contributed by atoms with van der Waals surface area (Å²) >= 11 is 6.09. The fraction of sp³-hybridized carbons (Fsp3) is 0. The molecule has 0 heterocycles. The van der Waals surface area contributed by atoms with Gasteiger partial charge in [0.15, 0.2) is 0 Å². The first-order valence-electron chi connectivity index (χ1n) is 11.5. The van der Waals surface area contributed by atoms with Gasteiger partial charge in [-0.3, -0.25) is 9.59 Å². The average molecular weight is 524 g/mol. The van der Waals surface area contributed by atoms with Crippen LogP contribution < -0.4 is 15.5 Å². The molecule has 0 atom stereocenters. The number of nitrogens with one attached hydrogen (secondary N) is 2. The summed E-state index contributed by atoms with van der Waals surface area (Å²) in [5, 5.41) is 7.15. The van der Waals surface area contributed by atoms with E-state index >= 15 is 0 Å². The standard InChI is InChI=1S/C30H22ClN3O4/c31-25-14-17-27(38-28(35)18-11-21-7-3-1-4-8-21)24(19-25)20-32-34-30(37)23-12-15-26(16-13-23)33-29(36)22-9-5-2-6-10-22/h1-20H,(H,33,36)(H,34,37)/b18-11+,32-20+. The minimum absolute atomic E-state index is 0.230. The van der Waals surface area contributed by atoms with Crippen molar-refractivity contribution in [3.05, 3.63) is 136 Å². The van der Waals surface area contributed by atoms with Gasteiger partial charge in [-0.25, -0.2) is 10.2 Å². The van der Waals surface area contributed by atoms with Crippen molar-refractivity contribution in [3.63, 3.8) is 0 Å². The average Bonchev–Trinajstić information content (AvgIpc) is 2.94. The quantitative estimate of drug-likeness (QED) is 0.0976. The molecule has 0 aliphatic heterocycles. The van der Waals surface area contributed by atoms with Gasteiger partial charge in [0.1, 0.15) is 5.75 Å². The molecular formula is C30H22ClN3O4. The maximum Gasteiger partial charge on any atom is 0.336 e. The first-order chi connectivity index (χ1) is 18.5. The van der Waals surface area contributed by atoms with Crippen molar-refractivity contribution in [2.24, 2.45) is 5.10 Å². The molecule has 0 saturated carbocycles. The van der Waals surface area contributed by atoms with E-state index in [1.165, 1.54) is 12.3 Å². The number of carbonyl (C=O) groups excluding carboxylic acids is 3. The van der Waals surface area contributed by atoms with E-state index in [1.54, 1.807) is 72.8 Å². The van der Waals surface area contributed by atoms with Crippen LogP contribution in [0.3, 0.4) is 0 Å². The Bertz CT molecular complexity index is 1490. The number of rotatable bonds is 8. The predicted molar refractivity (Wildman–Crippen MR) is 148 cm³/mol. The highest BCUT2D eigenvalue weighted by Gasteiger charge is 2.09. The summed E-state index contributed by atoms with van der Waals surface area (Å²) in [7, 11) is 0. The number of hydrogen-bond donors (Lipinski definition) is 2. The van der Waals surface area contributed by atoms with Crippen LogP contribution in [0.5, 0.6) is 5.75 Å². The Morgan fingerprint density at radius 1 is 0.763 bits per heavy atom. The van der Waals surface area contributed by atoms with Crippen molar-refractivity contribution in [1.82, 2.24) is 5.43 Å². The highest BCUT2D eigenvalue weighted by Crippen LogP contribution is 2.22. The van der Waals surface area contributed by atoms with Crippen molar-refractivity contribution >= 4 is 47.4 Å². The van der Waals surface area contributed by atoms with Crippen molar-refractivity contribution in [2.75, 3.05) is 5.32 Å². The van der Waals surface area contributed by atoms with Gasteiger partial charge in [0.2, 0.25) is 0 Å². The molecule has 0 saturated heterocycles. The number of nitrogens with zero attached hydrogens (tertiary/aromatic N) is 1. The Morgan fingerprint density at radius 3 is 2.13 bits per heavy atom. The molecular weight excluding hydrogens is 502 g/mol. The molecule has 0 spiro atoms. The highest BCUT2D eigenvalue weighted by atomic mass is 35.5. The lowest BCUT2D eigenvalue weighted by Crippen LogP contribution is -2.18. The maximum absolute atomic E-state index is 12.5. The Balaban J connectivity index is 1.36. The van der Waals surface area contributed by atoms with Crippen LogP contribution in [0.1, 0.15) is 31.8 Å². The summed E-state index contributed by atoms with van der Waals surface area (Å²) in [4.78, 5) is 37.1. The van der Waals surface area contributed by atoms with Gasteiger partial charge < -0.3 is 10.1 Å². The predicted octanol–water partition coefficient (Wildman–Crippen LogP) is 5.98. The molecule has 188 valence electrons. The number of amides is 2. The molecule has 4 rings (SSSR count). The van der Waals surface area contributed by atoms with Gasteiger partial charge in [0.25, 0.3) is 11.8 Å². The summed E-state index contributed by atoms with van der Waals surface area (Å²) < 4.78 is 5.42. The first-order valence-corrected chi connectivity index (χ1v) is 11.9. The van der Waals surface area contributed by atoms with E-state index in [0.717, 1.165) is 5.56 Å². The smallest absolute Gasteiger partial charge is 0.336 e. The van der Waals surface area contributed by atoms with E-state index in [2.05, 4.69) is 15.8 Å². The van der Waals surface area contributed by atoms with E-state index in [0.29, 0.717) is 27.4 Å². The molecule has 0 fully saturated rings. The number of hydrogen-bond acceptors (Lipinski definition) is 5. The third-order valence-corrected chi connectivity index (χ3v) is 5.44. The second kappa shape index (κ2) is 12.8. The molecule has 4 aromatic rings. The fourth-order valence-corrected chi connectivity index (χ4v) is 3.49. The maximum atomic E-state index is 12.5. The number of ether oxygens (including phenoxy) is 1. The Labute approximate surface area is 224 Å². The molecule has 2 N–H and O–H groups in total. The molecule has 0 radical (unpaired) electrons. The van der Waals surface area contributed by atoms with Crippen molar-refractivity contribution in [3.8, 4) is 5.75 Å². The van der Waals surface area contributed by atoms with Crippen molar-refractivity contribution < 1.29 is 19.1 Å². The number of hydrazone groups is 1. The van der Waals surface area contributed by atoms with Crippen LogP contribution in [0.4, 0.5) is 5.69 Å². The fourth-order valence-electron chi connectivity index (χ4n) is 3.31. The topological polar surface area (TPSA) is 96.9 Å². The van der Waals surface area contributed by atoms with Crippen LogP contribution in [0.15, 0.2) is 114 Å². The number of benzene rings is 4. The lowest BCUT2D eigenvalue weighted by atomic mass is 10.1. The van der Waals surface area contributed by atoms with Crippen LogP contribution in [0.2, 0.25) is 5.02 Å². The van der Waals surface area contributed by atoms with Crippen molar-refractivity contribution in [1.29, 1.82) is 0 Å². The molecule has 7 nitrogen and oxygen atoms in total. The van der Waals surface area contributed by atoms with Crippen LogP contribution in [-0.4, -0.2) is 24.0 Å². The molecule has 0 aliphatic carbocycles. The summed E-state index contributed by atoms with van der Waals surface area (Å²) in [6.07, 6.45) is 4.30. The van der Waals surface area contributed by atoms with Crippen LogP contribution in [-0.2, 0) is 4.79 Å². The number of esters is 1. The molecule has 0 aromatic heterocycles. The third kappa shape index (κ3) is 7.49. The number of carbonyl (C=O) groups is 3. The minimum atomic E-state index is -0.575. The van der Waals surface area contributed by atoms with Gasteiger partial charge in [-0.15, -0.1) is 0 Å². The van der Waals surface area contributed by atoms with Crippen LogP contribution >= 0.6 is 11.6 Å². The molecule has 38 heavy (non-hydrogen) atoms. The van der Waals surface area contributed by atoms with Crippen LogP contribution in [0, 0.1) is 0 Å². The second-order valence-corrected chi connectivity index (χ2v) is 8.38. The zero-order valence-electron chi connectivity index (χ0n) is 20.0. The van der Waals surface area contributed by atoms with E-state index in [1.807, 2.05) is 36.4 Å². The Morgan fingerprint density at radius 2 is 1.42 bits per heavy atom. The molecule has 2 amide bonds. The normalized spacial score (nSPS) is 10.9. The van der Waals surface area contributed by atoms with Gasteiger partial charge in [0.05, 0.1) is 6.21 Å². The summed E-state index contributed by atoms with van der Waals surface area (Å²) in [6, 6.07) is 29.2. The van der Waals surface area contributed by atoms with Crippen LogP contribution in [0.25, 0.3) is 6.08 Å². The molecule has 4 aromatic carbocycles. The zero-order valence-corrected chi connectivity index (χ0v) is 20.8. The molecule has 0 bridgehead atoms. The molecule has 0 unspecified atom stereocenters. The SMILES string of the molecule is O=C(/C=C/c1ccccc1)Oc1ccc(Cl)cc1/C=N/NC(=O)c1ccc(NC(=O)c2ccccc2)cc1. The Kier molecular flexibility index (Phi) is 8.78. The van der Waals surface area contributed by atoms with E-state index in [9.17, 15) is 14.4 Å². The summed E-state index contributed by atoms with van der Waals surface area (Å²) in [5.41, 5.74) is 5.10. The van der Waals surface area contributed by atoms with Gasteiger partial charge in [0, 0.05) is 33.5 Å². The number of anilines is 1. The highest BCUT2D eigenvalue weighted by molar-refractivity contribution is 6.31. The third-order valence-electron chi connectivity index (χ3n) is 5.20. The molecule has 8 heteroatoms. The van der Waals surface area contributed by atoms with Gasteiger partial charge in [-0.1, -0.05) is 60.1 Å². The molecule has 0 aliphatic rings. The lowest BCUT2D eigenvalue weighted by Gasteiger charge is -2.07. The minimum Gasteiger partial charge on any atom is -0.423 e. The monoisotopic (exact) mass is 523 g/mol. The number of halogens is 1. The van der Waals surface area contributed by atoms with Gasteiger partial charge in [-0.2, -0.15) is 5.10 Å². The largest absolute Gasteiger partial charge is 0.423 e. The van der Waals surface area contributed by atoms with Crippen molar-refractivity contribution in [2.45, 2.75) is 0 Å². The van der Waals surface area contributed by atoms with E-state index in [-0.39, 0.29) is 11.7 Å². The van der Waals surface area contributed by atoms with Gasteiger partial charge in [-0.05, 0) is 66.2 Å². The lowest BCUT2D eigenvalue weighted by molar-refractivity contribution is -0.128. The summed E-state index contributed by atoms with van der Waals surface area (Å²) in [5.74, 6) is -1.06. The zero-order chi connectivity index (χ0) is 26.7. The first kappa shape index (κ1) is 26.1. The summed E-state index contributed by atoms with van der Waals surface area (Å²) in [6.45, 7) is 0.